The first-order valence-corrected chi connectivity index (χ1v) is 9.21. The van der Waals surface area contributed by atoms with Gasteiger partial charge in [0.05, 0.1) is 18.3 Å². The van der Waals surface area contributed by atoms with Crippen LogP contribution in [0.5, 0.6) is 0 Å². The summed E-state index contributed by atoms with van der Waals surface area (Å²) < 4.78 is 0. The molecule has 2 heterocycles. The van der Waals surface area contributed by atoms with E-state index in [0.29, 0.717) is 12.1 Å². The Bertz CT molecular complexity index is 819. The second-order valence-corrected chi connectivity index (χ2v) is 7.01. The average molecular weight is 372 g/mol. The number of nitrogens with one attached hydrogen (secondary N) is 2. The number of amides is 1. The van der Waals surface area contributed by atoms with Crippen LogP contribution in [0.4, 0.5) is 11.5 Å². The maximum atomic E-state index is 12.0. The van der Waals surface area contributed by atoms with Gasteiger partial charge >= 0.3 is 0 Å². The number of hydrogen-bond donors (Lipinski definition) is 2. The highest BCUT2D eigenvalue weighted by Crippen LogP contribution is 2.14. The molecule has 2 N–H and O–H groups in total. The van der Waals surface area contributed by atoms with Crippen molar-refractivity contribution in [3.8, 4) is 0 Å². The van der Waals surface area contributed by atoms with Crippen LogP contribution in [0.15, 0.2) is 60.1 Å². The normalized spacial score (nSPS) is 10.4. The predicted octanol–water partition coefficient (Wildman–Crippen LogP) is 4.63. The summed E-state index contributed by atoms with van der Waals surface area (Å²) in [5.41, 5.74) is 1.87. The van der Waals surface area contributed by atoms with Crippen molar-refractivity contribution in [1.29, 1.82) is 0 Å². The monoisotopic (exact) mass is 371 g/mol. The predicted molar refractivity (Wildman–Crippen MR) is 105 cm³/mol. The van der Waals surface area contributed by atoms with Gasteiger partial charge in [0.2, 0.25) is 5.91 Å². The molecule has 1 aromatic carbocycles. The first-order chi connectivity index (χ1) is 12.2. The first-order valence-electron chi connectivity index (χ1n) is 7.96. The number of aromatic nitrogens is 1. The molecule has 0 aliphatic carbocycles. The van der Waals surface area contributed by atoms with Crippen LogP contribution in [0.2, 0.25) is 5.02 Å². The number of nitrogens with zero attached hydrogens (tertiary/aromatic N) is 1. The highest BCUT2D eigenvalue weighted by molar-refractivity contribution is 7.10. The number of rotatable bonds is 7. The SMILES string of the molecule is O=C(Cc1cccs1)Nc1ccc(NCCc2cccc(Cl)c2)nc1. The van der Waals surface area contributed by atoms with Crippen LogP contribution < -0.4 is 10.6 Å². The van der Waals surface area contributed by atoms with Gasteiger partial charge in [0, 0.05) is 16.4 Å². The van der Waals surface area contributed by atoms with Crippen molar-refractivity contribution in [3.63, 3.8) is 0 Å². The molecule has 0 unspecified atom stereocenters. The minimum absolute atomic E-state index is 0.0362. The average Bonchev–Trinajstić information content (AvgIpc) is 3.09. The molecule has 0 radical (unpaired) electrons. The molecular weight excluding hydrogens is 354 g/mol. The van der Waals surface area contributed by atoms with E-state index in [4.69, 9.17) is 11.6 Å². The number of pyridine rings is 1. The number of halogens is 1. The van der Waals surface area contributed by atoms with Crippen molar-refractivity contribution in [2.45, 2.75) is 12.8 Å². The van der Waals surface area contributed by atoms with Crippen LogP contribution >= 0.6 is 22.9 Å². The third-order valence-corrected chi connectivity index (χ3v) is 4.68. The summed E-state index contributed by atoms with van der Waals surface area (Å²) in [4.78, 5) is 17.3. The Morgan fingerprint density at radius 3 is 2.80 bits per heavy atom. The molecule has 0 bridgehead atoms. The Hall–Kier alpha value is -2.37. The fourth-order valence-corrected chi connectivity index (χ4v) is 3.29. The molecular formula is C19H18ClN3OS. The number of carbonyl (C=O) groups is 1. The second kappa shape index (κ2) is 8.65. The first kappa shape index (κ1) is 17.5. The zero-order valence-electron chi connectivity index (χ0n) is 13.5. The number of anilines is 2. The van der Waals surface area contributed by atoms with Gasteiger partial charge in [-0.2, -0.15) is 0 Å². The minimum Gasteiger partial charge on any atom is -0.370 e. The van der Waals surface area contributed by atoms with E-state index in [1.165, 1.54) is 5.56 Å². The summed E-state index contributed by atoms with van der Waals surface area (Å²) in [7, 11) is 0. The Balaban J connectivity index is 1.46. The molecule has 3 rings (SSSR count). The Labute approximate surface area is 155 Å². The van der Waals surface area contributed by atoms with Gasteiger partial charge in [-0.3, -0.25) is 4.79 Å². The highest BCUT2D eigenvalue weighted by Gasteiger charge is 2.05. The van der Waals surface area contributed by atoms with Crippen LogP contribution in [0.25, 0.3) is 0 Å². The van der Waals surface area contributed by atoms with Crippen molar-refractivity contribution in [3.05, 3.63) is 75.6 Å². The molecule has 4 nitrogen and oxygen atoms in total. The topological polar surface area (TPSA) is 54.0 Å². The Morgan fingerprint density at radius 2 is 2.08 bits per heavy atom. The summed E-state index contributed by atoms with van der Waals surface area (Å²) in [5.74, 6) is 0.740. The van der Waals surface area contributed by atoms with Gasteiger partial charge in [-0.25, -0.2) is 4.98 Å². The lowest BCUT2D eigenvalue weighted by atomic mass is 10.1. The fourth-order valence-electron chi connectivity index (χ4n) is 2.38. The molecule has 3 aromatic rings. The van der Waals surface area contributed by atoms with Gasteiger partial charge in [-0.05, 0) is 47.7 Å². The van der Waals surface area contributed by atoms with E-state index >= 15 is 0 Å². The molecule has 0 spiro atoms. The van der Waals surface area contributed by atoms with Crippen molar-refractivity contribution >= 4 is 40.4 Å². The van der Waals surface area contributed by atoms with E-state index in [1.54, 1.807) is 17.5 Å². The van der Waals surface area contributed by atoms with Crippen LogP contribution in [-0.2, 0) is 17.6 Å². The van der Waals surface area contributed by atoms with Gasteiger partial charge < -0.3 is 10.6 Å². The van der Waals surface area contributed by atoms with Gasteiger partial charge in [-0.1, -0.05) is 29.8 Å². The molecule has 2 aromatic heterocycles. The number of hydrogen-bond acceptors (Lipinski definition) is 4. The summed E-state index contributed by atoms with van der Waals surface area (Å²) in [6, 6.07) is 15.4. The van der Waals surface area contributed by atoms with Crippen LogP contribution in [0.1, 0.15) is 10.4 Å². The van der Waals surface area contributed by atoms with Gasteiger partial charge in [0.1, 0.15) is 5.82 Å². The molecule has 1 amide bonds. The van der Waals surface area contributed by atoms with Crippen molar-refractivity contribution in [2.75, 3.05) is 17.2 Å². The Morgan fingerprint density at radius 1 is 1.16 bits per heavy atom. The zero-order chi connectivity index (χ0) is 17.5. The minimum atomic E-state index is -0.0362. The van der Waals surface area contributed by atoms with Gasteiger partial charge in [0.15, 0.2) is 0 Å². The molecule has 0 saturated carbocycles. The van der Waals surface area contributed by atoms with E-state index in [-0.39, 0.29) is 5.91 Å². The number of benzene rings is 1. The molecule has 6 heteroatoms. The van der Waals surface area contributed by atoms with E-state index in [0.717, 1.165) is 28.7 Å². The standard InChI is InChI=1S/C19H18ClN3OS/c20-15-4-1-3-14(11-15)8-9-21-18-7-6-16(13-22-18)23-19(24)12-17-5-2-10-25-17/h1-7,10-11,13H,8-9,12H2,(H,21,22)(H,23,24). The summed E-state index contributed by atoms with van der Waals surface area (Å²) in [6.07, 6.45) is 2.91. The third kappa shape index (κ3) is 5.59. The van der Waals surface area contributed by atoms with Crippen LogP contribution in [-0.4, -0.2) is 17.4 Å². The lowest BCUT2D eigenvalue weighted by molar-refractivity contribution is -0.115. The number of thiophene rings is 1. The second-order valence-electron chi connectivity index (χ2n) is 5.54. The van der Waals surface area contributed by atoms with Crippen LogP contribution in [0, 0.1) is 0 Å². The van der Waals surface area contributed by atoms with E-state index in [1.807, 2.05) is 53.9 Å². The summed E-state index contributed by atoms with van der Waals surface area (Å²) in [6.45, 7) is 0.761. The maximum Gasteiger partial charge on any atom is 0.229 e. The van der Waals surface area contributed by atoms with E-state index in [2.05, 4.69) is 15.6 Å². The van der Waals surface area contributed by atoms with Gasteiger partial charge in [0.25, 0.3) is 0 Å². The Kier molecular flexibility index (Phi) is 6.04. The molecule has 0 aliphatic heterocycles. The van der Waals surface area contributed by atoms with Gasteiger partial charge in [-0.15, -0.1) is 11.3 Å². The summed E-state index contributed by atoms with van der Waals surface area (Å²) in [5, 5.41) is 8.84. The van der Waals surface area contributed by atoms with Crippen molar-refractivity contribution in [1.82, 2.24) is 4.98 Å². The lowest BCUT2D eigenvalue weighted by Gasteiger charge is -2.08. The largest absolute Gasteiger partial charge is 0.370 e. The summed E-state index contributed by atoms with van der Waals surface area (Å²) >= 11 is 7.56. The van der Waals surface area contributed by atoms with Crippen molar-refractivity contribution < 1.29 is 4.79 Å². The number of carbonyl (C=O) groups excluding carboxylic acids is 1. The molecule has 0 saturated heterocycles. The molecule has 128 valence electrons. The molecule has 0 fully saturated rings. The quantitative estimate of drug-likeness (QED) is 0.636. The van der Waals surface area contributed by atoms with Crippen molar-refractivity contribution in [2.24, 2.45) is 0 Å². The fraction of sp³-hybridized carbons (Fsp3) is 0.158. The lowest BCUT2D eigenvalue weighted by Crippen LogP contribution is -2.14. The van der Waals surface area contributed by atoms with E-state index in [9.17, 15) is 4.79 Å². The van der Waals surface area contributed by atoms with E-state index < -0.39 is 0 Å². The highest BCUT2D eigenvalue weighted by atomic mass is 35.5. The third-order valence-electron chi connectivity index (χ3n) is 3.57. The molecule has 0 atom stereocenters. The zero-order valence-corrected chi connectivity index (χ0v) is 15.1. The van der Waals surface area contributed by atoms with Crippen LogP contribution in [0.3, 0.4) is 0 Å². The molecule has 25 heavy (non-hydrogen) atoms. The molecule has 0 aliphatic rings. The maximum absolute atomic E-state index is 12.0. The smallest absolute Gasteiger partial charge is 0.229 e.